The van der Waals surface area contributed by atoms with Crippen molar-refractivity contribution >= 4 is 33.9 Å². The summed E-state index contributed by atoms with van der Waals surface area (Å²) < 4.78 is 5.45. The molecular formula is C27H34N2O4. The number of carbonyl (C=O) groups excluding carboxylic acids is 2. The van der Waals surface area contributed by atoms with E-state index in [2.05, 4.69) is 24.9 Å². The van der Waals surface area contributed by atoms with E-state index in [0.29, 0.717) is 17.4 Å². The average molecular weight is 451 g/mol. The van der Waals surface area contributed by atoms with Crippen LogP contribution < -0.4 is 16.7 Å². The van der Waals surface area contributed by atoms with Crippen LogP contribution in [0.1, 0.15) is 69.3 Å². The molecule has 0 saturated heterocycles. The zero-order valence-electron chi connectivity index (χ0n) is 20.0. The molecule has 1 aromatic heterocycles. The van der Waals surface area contributed by atoms with Gasteiger partial charge in [-0.3, -0.25) is 9.59 Å². The minimum atomic E-state index is -0.837. The Hall–Kier alpha value is -3.41. The van der Waals surface area contributed by atoms with E-state index in [1.54, 1.807) is 18.2 Å². The number of hydrogen-bond acceptors (Lipinski definition) is 5. The second-order valence-corrected chi connectivity index (χ2v) is 9.24. The van der Waals surface area contributed by atoms with E-state index < -0.39 is 11.5 Å². The fraction of sp³-hybridized carbons (Fsp3) is 0.370. The van der Waals surface area contributed by atoms with E-state index in [1.165, 1.54) is 0 Å². The molecule has 0 aliphatic rings. The largest absolute Gasteiger partial charge is 0.422 e. The fourth-order valence-corrected chi connectivity index (χ4v) is 3.46. The van der Waals surface area contributed by atoms with E-state index in [0.717, 1.165) is 30.4 Å². The highest BCUT2D eigenvalue weighted by Crippen LogP contribution is 2.27. The highest BCUT2D eigenvalue weighted by Gasteiger charge is 2.22. The van der Waals surface area contributed by atoms with Crippen molar-refractivity contribution in [1.82, 2.24) is 5.32 Å². The van der Waals surface area contributed by atoms with Crippen LogP contribution in [-0.4, -0.2) is 18.2 Å². The van der Waals surface area contributed by atoms with E-state index >= 15 is 0 Å². The van der Waals surface area contributed by atoms with Crippen LogP contribution in [0.3, 0.4) is 0 Å². The number of nitrogens with two attached hydrogens (primary N) is 1. The van der Waals surface area contributed by atoms with Gasteiger partial charge >= 0.3 is 5.63 Å². The van der Waals surface area contributed by atoms with Gasteiger partial charge in [0.05, 0.1) is 12.2 Å². The van der Waals surface area contributed by atoms with Gasteiger partial charge in [-0.1, -0.05) is 77.5 Å². The molecule has 176 valence electrons. The monoisotopic (exact) mass is 450 g/mol. The van der Waals surface area contributed by atoms with Gasteiger partial charge in [0.1, 0.15) is 11.1 Å². The Kier molecular flexibility index (Phi) is 8.97. The van der Waals surface area contributed by atoms with Gasteiger partial charge in [0.25, 0.3) is 5.91 Å². The number of nitrogen functional groups attached to an aromatic ring is 1. The molecule has 0 fully saturated rings. The molecule has 1 amide bonds. The summed E-state index contributed by atoms with van der Waals surface area (Å²) in [5.41, 5.74) is 7.04. The first kappa shape index (κ1) is 25.8. The molecule has 33 heavy (non-hydrogen) atoms. The van der Waals surface area contributed by atoms with E-state index in [9.17, 15) is 14.4 Å². The average Bonchev–Trinajstić information content (AvgIpc) is 2.73. The number of benzene rings is 1. The summed E-state index contributed by atoms with van der Waals surface area (Å²) in [5, 5.41) is 2.96. The minimum absolute atomic E-state index is 0.0340. The predicted molar refractivity (Wildman–Crippen MR) is 135 cm³/mol. The van der Waals surface area contributed by atoms with Crippen LogP contribution in [0.4, 0.5) is 5.69 Å². The molecule has 0 saturated carbocycles. The number of allylic oxidation sites excluding steroid dienone is 5. The number of amides is 1. The van der Waals surface area contributed by atoms with E-state index in [-0.39, 0.29) is 29.0 Å². The van der Waals surface area contributed by atoms with Crippen LogP contribution in [0.15, 0.2) is 58.3 Å². The number of hydrogen-bond donors (Lipinski definition) is 2. The van der Waals surface area contributed by atoms with Crippen molar-refractivity contribution in [1.29, 1.82) is 0 Å². The van der Waals surface area contributed by atoms with Crippen LogP contribution in [0.5, 0.6) is 0 Å². The lowest BCUT2D eigenvalue weighted by molar-refractivity contribution is -0.119. The number of carbonyl (C=O) groups is 2. The fourth-order valence-electron chi connectivity index (χ4n) is 3.46. The second-order valence-electron chi connectivity index (χ2n) is 9.24. The topological polar surface area (TPSA) is 102 Å². The summed E-state index contributed by atoms with van der Waals surface area (Å²) in [6.07, 6.45) is 11.0. The molecule has 0 spiro atoms. The van der Waals surface area contributed by atoms with Crippen LogP contribution in [0, 0.1) is 5.41 Å². The van der Waals surface area contributed by atoms with Crippen molar-refractivity contribution in [3.8, 4) is 0 Å². The Labute approximate surface area is 195 Å². The van der Waals surface area contributed by atoms with Gasteiger partial charge in [-0.05, 0) is 35.1 Å². The maximum atomic E-state index is 12.6. The van der Waals surface area contributed by atoms with Crippen molar-refractivity contribution in [2.24, 2.45) is 5.41 Å². The summed E-state index contributed by atoms with van der Waals surface area (Å²) in [4.78, 5) is 37.3. The number of anilines is 1. The number of Topliss-reactive ketones (excluding diaryl/α,β-unsaturated/α-hetero) is 1. The predicted octanol–water partition coefficient (Wildman–Crippen LogP) is 5.43. The van der Waals surface area contributed by atoms with Gasteiger partial charge in [-0.15, -0.1) is 0 Å². The first-order chi connectivity index (χ1) is 15.6. The van der Waals surface area contributed by atoms with Crippen molar-refractivity contribution in [2.45, 2.75) is 53.4 Å². The van der Waals surface area contributed by atoms with E-state index in [1.807, 2.05) is 39.0 Å². The number of unbranched alkanes of at least 4 members (excludes halogenated alkanes) is 2. The molecule has 2 rings (SSSR count). The number of ketones is 1. The van der Waals surface area contributed by atoms with Gasteiger partial charge in [0, 0.05) is 11.8 Å². The van der Waals surface area contributed by atoms with Crippen molar-refractivity contribution < 1.29 is 14.0 Å². The summed E-state index contributed by atoms with van der Waals surface area (Å²) in [5.74, 6) is -0.845. The Morgan fingerprint density at radius 1 is 1.24 bits per heavy atom. The Morgan fingerprint density at radius 2 is 1.97 bits per heavy atom. The minimum Gasteiger partial charge on any atom is -0.422 e. The Balaban J connectivity index is 2.36. The molecule has 6 heteroatoms. The highest BCUT2D eigenvalue weighted by molar-refractivity contribution is 6.06. The molecule has 1 aromatic carbocycles. The molecule has 0 atom stereocenters. The molecule has 0 radical (unpaired) electrons. The number of fused-ring (bicyclic) bond motifs is 1. The zero-order valence-corrected chi connectivity index (χ0v) is 20.0. The SMILES string of the molecule is C=C/C=C\C(=C/CCCC)c1ccc2c(N)c(C(=O)NCC(=O)CC(C)(C)C)c(=O)oc2c1. The highest BCUT2D eigenvalue weighted by atomic mass is 16.4. The summed E-state index contributed by atoms with van der Waals surface area (Å²) >= 11 is 0. The van der Waals surface area contributed by atoms with Crippen molar-refractivity contribution in [3.63, 3.8) is 0 Å². The summed E-state index contributed by atoms with van der Waals surface area (Å²) in [6.45, 7) is 11.5. The number of rotatable bonds is 10. The van der Waals surface area contributed by atoms with Gasteiger partial charge in [-0.2, -0.15) is 0 Å². The van der Waals surface area contributed by atoms with Crippen molar-refractivity contribution in [2.75, 3.05) is 12.3 Å². The normalized spacial score (nSPS) is 12.3. The lowest BCUT2D eigenvalue weighted by Crippen LogP contribution is -2.34. The maximum Gasteiger partial charge on any atom is 0.351 e. The molecule has 0 unspecified atom stereocenters. The maximum absolute atomic E-state index is 12.6. The van der Waals surface area contributed by atoms with Gasteiger partial charge in [0.15, 0.2) is 5.78 Å². The lowest BCUT2D eigenvalue weighted by Gasteiger charge is -2.17. The molecule has 0 aliphatic heterocycles. The first-order valence-corrected chi connectivity index (χ1v) is 11.2. The van der Waals surface area contributed by atoms with Gasteiger partial charge in [0.2, 0.25) is 0 Å². The third-order valence-corrected chi connectivity index (χ3v) is 5.02. The summed E-state index contributed by atoms with van der Waals surface area (Å²) in [7, 11) is 0. The van der Waals surface area contributed by atoms with E-state index in [4.69, 9.17) is 10.2 Å². The quantitative estimate of drug-likeness (QED) is 0.286. The molecule has 1 heterocycles. The molecule has 3 N–H and O–H groups in total. The molecule has 0 bridgehead atoms. The molecule has 0 aliphatic carbocycles. The van der Waals surface area contributed by atoms with Crippen molar-refractivity contribution in [3.05, 3.63) is 70.6 Å². The molecular weight excluding hydrogens is 416 g/mol. The lowest BCUT2D eigenvalue weighted by atomic mass is 9.90. The third-order valence-electron chi connectivity index (χ3n) is 5.02. The number of nitrogens with one attached hydrogen (secondary N) is 1. The Bertz CT molecular complexity index is 1150. The van der Waals surface area contributed by atoms with Crippen LogP contribution in [0.2, 0.25) is 0 Å². The second kappa shape index (κ2) is 11.5. The zero-order chi connectivity index (χ0) is 24.6. The molecule has 6 nitrogen and oxygen atoms in total. The standard InChI is InChI=1S/C27H34N2O4/c1-6-8-10-12-18(11-9-7-2)19-13-14-21-22(15-19)33-26(32)23(24(21)28)25(31)29-17-20(30)16-27(3,4)5/h7,9,11-15H,2,6,8,10,16-17,28H2,1,3-5H3,(H,29,31)/b11-9-,18-12+. The first-order valence-electron chi connectivity index (χ1n) is 11.2. The Morgan fingerprint density at radius 3 is 2.61 bits per heavy atom. The summed E-state index contributed by atoms with van der Waals surface area (Å²) in [6, 6.07) is 5.35. The molecule has 2 aromatic rings. The van der Waals surface area contributed by atoms with Crippen LogP contribution in [0.25, 0.3) is 16.5 Å². The van der Waals surface area contributed by atoms with Crippen LogP contribution in [-0.2, 0) is 4.79 Å². The van der Waals surface area contributed by atoms with Gasteiger partial charge in [-0.25, -0.2) is 4.79 Å². The smallest absolute Gasteiger partial charge is 0.351 e. The van der Waals surface area contributed by atoms with Crippen LogP contribution >= 0.6 is 0 Å². The van der Waals surface area contributed by atoms with Gasteiger partial charge < -0.3 is 15.5 Å². The third kappa shape index (κ3) is 7.31.